The first kappa shape index (κ1) is 16.0. The molecule has 2 heterocycles. The molecule has 2 aromatic rings. The highest BCUT2D eigenvalue weighted by atomic mass is 35.5. The molecule has 114 valence electrons. The van der Waals surface area contributed by atoms with E-state index in [0.717, 1.165) is 25.0 Å². The van der Waals surface area contributed by atoms with Crippen LogP contribution >= 0.6 is 11.6 Å². The number of hydrogen-bond donors (Lipinski definition) is 1. The SMILES string of the molecule is CCC[C@@H](c1[nH]c(-c2ccc(F)cn2)nc1Cl)[C@@H](C)CC. The number of hydrogen-bond acceptors (Lipinski definition) is 2. The van der Waals surface area contributed by atoms with Crippen LogP contribution in [0.4, 0.5) is 4.39 Å². The van der Waals surface area contributed by atoms with Crippen molar-refractivity contribution in [3.63, 3.8) is 0 Å². The lowest BCUT2D eigenvalue weighted by Gasteiger charge is -2.21. The van der Waals surface area contributed by atoms with Crippen molar-refractivity contribution in [3.05, 3.63) is 35.0 Å². The van der Waals surface area contributed by atoms with E-state index >= 15 is 0 Å². The van der Waals surface area contributed by atoms with Crippen molar-refractivity contribution in [1.82, 2.24) is 15.0 Å². The Balaban J connectivity index is 2.35. The van der Waals surface area contributed by atoms with Gasteiger partial charge in [-0.2, -0.15) is 0 Å². The minimum absolute atomic E-state index is 0.356. The van der Waals surface area contributed by atoms with Gasteiger partial charge < -0.3 is 4.98 Å². The molecule has 0 unspecified atom stereocenters. The zero-order valence-electron chi connectivity index (χ0n) is 12.7. The normalized spacial score (nSPS) is 14.1. The Kier molecular flexibility index (Phi) is 5.34. The summed E-state index contributed by atoms with van der Waals surface area (Å²) in [4.78, 5) is 11.7. The van der Waals surface area contributed by atoms with E-state index in [2.05, 4.69) is 35.7 Å². The predicted octanol–water partition coefficient (Wildman–Crippen LogP) is 5.19. The molecular weight excluding hydrogens is 289 g/mol. The second-order valence-corrected chi connectivity index (χ2v) is 5.79. The van der Waals surface area contributed by atoms with Gasteiger partial charge in [0.25, 0.3) is 0 Å². The third kappa shape index (κ3) is 3.62. The highest BCUT2D eigenvalue weighted by Crippen LogP contribution is 2.35. The summed E-state index contributed by atoms with van der Waals surface area (Å²) < 4.78 is 12.9. The zero-order chi connectivity index (χ0) is 15.4. The number of imidazole rings is 1. The topological polar surface area (TPSA) is 41.6 Å². The maximum atomic E-state index is 12.9. The maximum Gasteiger partial charge on any atom is 0.158 e. The third-order valence-corrected chi connectivity index (χ3v) is 4.24. The highest BCUT2D eigenvalue weighted by Gasteiger charge is 2.23. The fourth-order valence-corrected chi connectivity index (χ4v) is 2.83. The number of nitrogens with one attached hydrogen (secondary N) is 1. The Morgan fingerprint density at radius 2 is 2.10 bits per heavy atom. The van der Waals surface area contributed by atoms with Crippen molar-refractivity contribution in [1.29, 1.82) is 0 Å². The van der Waals surface area contributed by atoms with Gasteiger partial charge in [0.1, 0.15) is 11.5 Å². The van der Waals surface area contributed by atoms with Crippen molar-refractivity contribution in [2.24, 2.45) is 5.92 Å². The second kappa shape index (κ2) is 7.03. The number of pyridine rings is 1. The van der Waals surface area contributed by atoms with Crippen LogP contribution in [0.3, 0.4) is 0 Å². The smallest absolute Gasteiger partial charge is 0.158 e. The van der Waals surface area contributed by atoms with Gasteiger partial charge in [-0.1, -0.05) is 45.2 Å². The number of halogens is 2. The summed E-state index contributed by atoms with van der Waals surface area (Å²) in [6.45, 7) is 6.58. The Morgan fingerprint density at radius 3 is 2.67 bits per heavy atom. The summed E-state index contributed by atoms with van der Waals surface area (Å²) in [6.07, 6.45) is 4.43. The average molecular weight is 310 g/mol. The zero-order valence-corrected chi connectivity index (χ0v) is 13.4. The van der Waals surface area contributed by atoms with E-state index in [4.69, 9.17) is 11.6 Å². The van der Waals surface area contributed by atoms with Crippen molar-refractivity contribution in [2.45, 2.75) is 46.0 Å². The lowest BCUT2D eigenvalue weighted by molar-refractivity contribution is 0.412. The molecule has 0 amide bonds. The van der Waals surface area contributed by atoms with Gasteiger partial charge >= 0.3 is 0 Å². The molecular formula is C16H21ClFN3. The lowest BCUT2D eigenvalue weighted by atomic mass is 9.86. The van der Waals surface area contributed by atoms with Gasteiger partial charge in [0.15, 0.2) is 11.0 Å². The maximum absolute atomic E-state index is 12.9. The van der Waals surface area contributed by atoms with E-state index in [9.17, 15) is 4.39 Å². The molecule has 0 radical (unpaired) electrons. The van der Waals surface area contributed by atoms with Gasteiger partial charge in [-0.3, -0.25) is 0 Å². The van der Waals surface area contributed by atoms with Gasteiger partial charge in [-0.05, 0) is 24.5 Å². The molecule has 2 aromatic heterocycles. The number of aromatic amines is 1. The third-order valence-electron chi connectivity index (χ3n) is 3.96. The Morgan fingerprint density at radius 1 is 1.33 bits per heavy atom. The molecule has 2 atom stereocenters. The van der Waals surface area contributed by atoms with E-state index in [0.29, 0.717) is 28.5 Å². The van der Waals surface area contributed by atoms with Gasteiger partial charge in [-0.25, -0.2) is 14.4 Å². The molecule has 3 nitrogen and oxygen atoms in total. The molecule has 0 aromatic carbocycles. The highest BCUT2D eigenvalue weighted by molar-refractivity contribution is 6.30. The summed E-state index contributed by atoms with van der Waals surface area (Å²) >= 11 is 6.31. The van der Waals surface area contributed by atoms with Crippen LogP contribution in [0.2, 0.25) is 5.15 Å². The molecule has 0 saturated carbocycles. The molecule has 21 heavy (non-hydrogen) atoms. The molecule has 0 saturated heterocycles. The number of aromatic nitrogens is 3. The quantitative estimate of drug-likeness (QED) is 0.797. The van der Waals surface area contributed by atoms with Crippen molar-refractivity contribution < 1.29 is 4.39 Å². The van der Waals surface area contributed by atoms with Crippen LogP contribution in [0.1, 0.15) is 51.6 Å². The molecule has 0 aliphatic carbocycles. The molecule has 1 N–H and O–H groups in total. The van der Waals surface area contributed by atoms with Gasteiger partial charge in [0, 0.05) is 5.92 Å². The van der Waals surface area contributed by atoms with E-state index in [1.54, 1.807) is 6.07 Å². The fourth-order valence-electron chi connectivity index (χ4n) is 2.56. The van der Waals surface area contributed by atoms with Crippen LogP contribution in [0.25, 0.3) is 11.5 Å². The van der Waals surface area contributed by atoms with Crippen LogP contribution in [-0.2, 0) is 0 Å². The van der Waals surface area contributed by atoms with Crippen molar-refractivity contribution >= 4 is 11.6 Å². The first-order valence-corrected chi connectivity index (χ1v) is 7.81. The van der Waals surface area contributed by atoms with Gasteiger partial charge in [-0.15, -0.1) is 0 Å². The van der Waals surface area contributed by atoms with E-state index in [-0.39, 0.29) is 5.82 Å². The Labute approximate surface area is 130 Å². The summed E-state index contributed by atoms with van der Waals surface area (Å²) in [7, 11) is 0. The number of nitrogens with zero attached hydrogens (tertiary/aromatic N) is 2. The number of rotatable bonds is 6. The molecule has 0 aliphatic heterocycles. The standard InChI is InChI=1S/C16H21ClFN3/c1-4-6-12(10(3)5-2)14-15(17)21-16(20-14)13-8-7-11(18)9-19-13/h7-10,12H,4-6H2,1-3H3,(H,20,21)/t10-,12+/m0/s1. The van der Waals surface area contributed by atoms with Crippen LogP contribution < -0.4 is 0 Å². The van der Waals surface area contributed by atoms with Crippen LogP contribution in [0, 0.1) is 11.7 Å². The van der Waals surface area contributed by atoms with E-state index < -0.39 is 0 Å². The average Bonchev–Trinajstić information content (AvgIpc) is 2.86. The summed E-state index contributed by atoms with van der Waals surface area (Å²) in [5.74, 6) is 1.12. The molecule has 0 spiro atoms. The molecule has 0 aliphatic rings. The van der Waals surface area contributed by atoms with Crippen LogP contribution in [-0.4, -0.2) is 15.0 Å². The predicted molar refractivity (Wildman–Crippen MR) is 83.9 cm³/mol. The monoisotopic (exact) mass is 309 g/mol. The first-order chi connectivity index (χ1) is 10.1. The van der Waals surface area contributed by atoms with Crippen molar-refractivity contribution in [3.8, 4) is 11.5 Å². The summed E-state index contributed by atoms with van der Waals surface area (Å²) in [6, 6.07) is 2.98. The Hall–Kier alpha value is -1.42. The van der Waals surface area contributed by atoms with Crippen LogP contribution in [0.5, 0.6) is 0 Å². The van der Waals surface area contributed by atoms with Gasteiger partial charge in [0.2, 0.25) is 0 Å². The lowest BCUT2D eigenvalue weighted by Crippen LogP contribution is -2.10. The van der Waals surface area contributed by atoms with Crippen LogP contribution in [0.15, 0.2) is 18.3 Å². The van der Waals surface area contributed by atoms with E-state index in [1.165, 1.54) is 12.3 Å². The molecule has 0 bridgehead atoms. The first-order valence-electron chi connectivity index (χ1n) is 7.44. The summed E-state index contributed by atoms with van der Waals surface area (Å²) in [5, 5.41) is 0.495. The fraction of sp³-hybridized carbons (Fsp3) is 0.500. The minimum atomic E-state index is -0.361. The van der Waals surface area contributed by atoms with Crippen molar-refractivity contribution in [2.75, 3.05) is 0 Å². The molecule has 0 fully saturated rings. The number of H-pyrrole nitrogens is 1. The summed E-state index contributed by atoms with van der Waals surface area (Å²) in [5.41, 5.74) is 1.57. The van der Waals surface area contributed by atoms with Gasteiger partial charge in [0.05, 0.1) is 11.9 Å². The Bertz CT molecular complexity index is 580. The largest absolute Gasteiger partial charge is 0.339 e. The second-order valence-electron chi connectivity index (χ2n) is 5.43. The minimum Gasteiger partial charge on any atom is -0.339 e. The molecule has 2 rings (SSSR count). The molecule has 5 heteroatoms. The van der Waals surface area contributed by atoms with E-state index in [1.807, 2.05) is 0 Å².